The van der Waals surface area contributed by atoms with Gasteiger partial charge in [0.25, 0.3) is 0 Å². The molecule has 0 saturated carbocycles. The Balaban J connectivity index is 2.19. The number of halogens is 9. The summed E-state index contributed by atoms with van der Waals surface area (Å²) in [5, 5.41) is 0. The highest BCUT2D eigenvalue weighted by Crippen LogP contribution is 2.38. The fraction of sp³-hybridized carbons (Fsp3) is 1.00. The first-order valence-electron chi connectivity index (χ1n) is 7.07. The second-order valence-corrected chi connectivity index (χ2v) is 5.60. The second-order valence-electron chi connectivity index (χ2n) is 5.60. The molecule has 0 bridgehead atoms. The van der Waals surface area contributed by atoms with Crippen LogP contribution in [0.15, 0.2) is 0 Å². The summed E-state index contributed by atoms with van der Waals surface area (Å²) in [5.74, 6) is -4.37. The molecular weight excluding hydrogens is 377 g/mol. The highest BCUT2D eigenvalue weighted by Gasteiger charge is 2.58. The van der Waals surface area contributed by atoms with Gasteiger partial charge in [-0.3, -0.25) is 4.90 Å². The lowest BCUT2D eigenvalue weighted by atomic mass is 10.1. The highest BCUT2D eigenvalue weighted by molar-refractivity contribution is 4.93. The van der Waals surface area contributed by atoms with Crippen LogP contribution < -0.4 is 0 Å². The van der Waals surface area contributed by atoms with Gasteiger partial charge in [-0.25, -0.2) is 4.39 Å². The molecule has 0 aromatic rings. The van der Waals surface area contributed by atoms with Gasteiger partial charge in [-0.2, -0.15) is 35.1 Å². The smallest absolute Gasteiger partial charge is 0.376 e. The average Bonchev–Trinajstić information content (AvgIpc) is 2.53. The predicted octanol–water partition coefficient (Wildman–Crippen LogP) is 2.53. The molecule has 0 radical (unpaired) electrons. The number of alkyl halides is 9. The van der Waals surface area contributed by atoms with Crippen molar-refractivity contribution in [3.63, 3.8) is 0 Å². The van der Waals surface area contributed by atoms with E-state index in [0.29, 0.717) is 0 Å². The Morgan fingerprint density at radius 2 is 1.32 bits per heavy atom. The first-order chi connectivity index (χ1) is 11.3. The van der Waals surface area contributed by atoms with Crippen LogP contribution in [0.5, 0.6) is 0 Å². The Labute approximate surface area is 135 Å². The van der Waals surface area contributed by atoms with Crippen molar-refractivity contribution in [3.05, 3.63) is 0 Å². The van der Waals surface area contributed by atoms with Gasteiger partial charge in [0.15, 0.2) is 12.2 Å². The molecule has 148 valence electrons. The van der Waals surface area contributed by atoms with Crippen LogP contribution in [0.4, 0.5) is 39.5 Å². The van der Waals surface area contributed by atoms with E-state index >= 15 is 0 Å². The van der Waals surface area contributed by atoms with Gasteiger partial charge < -0.3 is 14.2 Å². The minimum atomic E-state index is -5.28. The summed E-state index contributed by atoms with van der Waals surface area (Å²) >= 11 is 0. The van der Waals surface area contributed by atoms with E-state index < -0.39 is 62.6 Å². The molecule has 2 saturated heterocycles. The van der Waals surface area contributed by atoms with Crippen molar-refractivity contribution < 1.29 is 53.7 Å². The van der Waals surface area contributed by atoms with Gasteiger partial charge in [0.05, 0.1) is 19.8 Å². The molecule has 2 aliphatic heterocycles. The standard InChI is InChI=1S/C12H14F9NO3/c13-9(10(14,15)8-5-23-1-2-24-8)22-3-6(11(16,17)18)25-7(4-22)12(19,20)21/h6-9H,1-5H2. The van der Waals surface area contributed by atoms with Crippen LogP contribution in [-0.4, -0.2) is 80.7 Å². The van der Waals surface area contributed by atoms with Crippen LogP contribution in [0.25, 0.3) is 0 Å². The molecule has 0 amide bonds. The van der Waals surface area contributed by atoms with Crippen molar-refractivity contribution in [2.45, 2.75) is 42.9 Å². The van der Waals surface area contributed by atoms with Gasteiger partial charge in [0.1, 0.15) is 6.10 Å². The summed E-state index contributed by atoms with van der Waals surface area (Å²) < 4.78 is 132. The van der Waals surface area contributed by atoms with Crippen LogP contribution in [0.3, 0.4) is 0 Å². The lowest BCUT2D eigenvalue weighted by molar-refractivity contribution is -0.323. The van der Waals surface area contributed by atoms with Gasteiger partial charge in [-0.15, -0.1) is 0 Å². The molecular formula is C12H14F9NO3. The zero-order chi connectivity index (χ0) is 19.0. The van der Waals surface area contributed by atoms with E-state index in [1.165, 1.54) is 0 Å². The molecule has 13 heteroatoms. The van der Waals surface area contributed by atoms with E-state index in [0.717, 1.165) is 0 Å². The van der Waals surface area contributed by atoms with Crippen molar-refractivity contribution in [2.24, 2.45) is 0 Å². The predicted molar refractivity (Wildman–Crippen MR) is 62.7 cm³/mol. The number of hydrogen-bond acceptors (Lipinski definition) is 4. The van der Waals surface area contributed by atoms with E-state index in [4.69, 9.17) is 0 Å². The SMILES string of the molecule is FC(N1CC(C(F)(F)F)OC(C(F)(F)F)C1)C(F)(F)C1COCCO1. The molecule has 0 aromatic heterocycles. The van der Waals surface area contributed by atoms with Gasteiger partial charge in [-0.1, -0.05) is 0 Å². The lowest BCUT2D eigenvalue weighted by Crippen LogP contribution is -2.63. The summed E-state index contributed by atoms with van der Waals surface area (Å²) in [4.78, 5) is -0.224. The molecule has 4 atom stereocenters. The summed E-state index contributed by atoms with van der Waals surface area (Å²) in [7, 11) is 0. The summed E-state index contributed by atoms with van der Waals surface area (Å²) in [5.41, 5.74) is 0. The van der Waals surface area contributed by atoms with Crippen LogP contribution in [-0.2, 0) is 14.2 Å². The molecule has 2 heterocycles. The molecule has 2 aliphatic rings. The zero-order valence-electron chi connectivity index (χ0n) is 12.4. The van der Waals surface area contributed by atoms with Gasteiger partial charge in [0, 0.05) is 13.1 Å². The third-order valence-corrected chi connectivity index (χ3v) is 3.74. The Kier molecular flexibility index (Phi) is 5.81. The lowest BCUT2D eigenvalue weighted by Gasteiger charge is -2.43. The van der Waals surface area contributed by atoms with Crippen molar-refractivity contribution in [2.75, 3.05) is 32.9 Å². The maximum atomic E-state index is 14.2. The van der Waals surface area contributed by atoms with E-state index in [2.05, 4.69) is 14.2 Å². The summed E-state index contributed by atoms with van der Waals surface area (Å²) in [6.07, 6.45) is -22.2. The zero-order valence-corrected chi connectivity index (χ0v) is 12.4. The van der Waals surface area contributed by atoms with E-state index in [-0.39, 0.29) is 18.1 Å². The van der Waals surface area contributed by atoms with E-state index in [1.807, 2.05) is 0 Å². The first-order valence-corrected chi connectivity index (χ1v) is 7.07. The Morgan fingerprint density at radius 1 is 0.800 bits per heavy atom. The topological polar surface area (TPSA) is 30.9 Å². The molecule has 25 heavy (non-hydrogen) atoms. The third kappa shape index (κ3) is 4.68. The molecule has 2 fully saturated rings. The average molecular weight is 391 g/mol. The van der Waals surface area contributed by atoms with Crippen molar-refractivity contribution in [3.8, 4) is 0 Å². The normalized spacial score (nSPS) is 31.8. The van der Waals surface area contributed by atoms with Gasteiger partial charge in [0.2, 0.25) is 6.30 Å². The quantitative estimate of drug-likeness (QED) is 0.547. The fourth-order valence-electron chi connectivity index (χ4n) is 2.44. The third-order valence-electron chi connectivity index (χ3n) is 3.74. The Hall–Kier alpha value is -0.790. The number of ether oxygens (including phenoxy) is 3. The molecule has 2 rings (SSSR count). The van der Waals surface area contributed by atoms with Crippen LogP contribution in [0.2, 0.25) is 0 Å². The summed E-state index contributed by atoms with van der Waals surface area (Å²) in [6, 6.07) is 0. The van der Waals surface area contributed by atoms with Crippen molar-refractivity contribution in [1.29, 1.82) is 0 Å². The Bertz CT molecular complexity index is 428. The highest BCUT2D eigenvalue weighted by atomic mass is 19.4. The van der Waals surface area contributed by atoms with Crippen molar-refractivity contribution in [1.82, 2.24) is 4.90 Å². The van der Waals surface area contributed by atoms with Gasteiger partial charge >= 0.3 is 18.3 Å². The second kappa shape index (κ2) is 7.08. The minimum Gasteiger partial charge on any atom is -0.376 e. The van der Waals surface area contributed by atoms with Crippen molar-refractivity contribution >= 4 is 0 Å². The molecule has 0 spiro atoms. The van der Waals surface area contributed by atoms with Gasteiger partial charge in [-0.05, 0) is 0 Å². The minimum absolute atomic E-state index is 0.0343. The summed E-state index contributed by atoms with van der Waals surface area (Å²) in [6.45, 7) is -4.07. The molecule has 0 aliphatic carbocycles. The number of morpholine rings is 1. The molecule has 0 N–H and O–H groups in total. The largest absolute Gasteiger partial charge is 0.415 e. The molecule has 0 aromatic carbocycles. The number of rotatable bonds is 3. The monoisotopic (exact) mass is 391 g/mol. The first kappa shape index (κ1) is 20.5. The maximum Gasteiger partial charge on any atom is 0.415 e. The van der Waals surface area contributed by atoms with E-state index in [9.17, 15) is 39.5 Å². The fourth-order valence-corrected chi connectivity index (χ4v) is 2.44. The van der Waals surface area contributed by atoms with Crippen LogP contribution in [0.1, 0.15) is 0 Å². The molecule has 4 nitrogen and oxygen atoms in total. The Morgan fingerprint density at radius 3 is 1.72 bits per heavy atom. The van der Waals surface area contributed by atoms with E-state index in [1.54, 1.807) is 0 Å². The number of hydrogen-bond donors (Lipinski definition) is 0. The van der Waals surface area contributed by atoms with Crippen LogP contribution >= 0.6 is 0 Å². The maximum absolute atomic E-state index is 14.2. The molecule has 4 unspecified atom stereocenters. The van der Waals surface area contributed by atoms with Crippen LogP contribution in [0, 0.1) is 0 Å². The number of nitrogens with zero attached hydrogens (tertiary/aromatic N) is 1.